The van der Waals surface area contributed by atoms with E-state index in [1.54, 1.807) is 31.7 Å². The maximum absolute atomic E-state index is 12.6. The molecular formula is C24H21N5O3. The molecule has 8 nitrogen and oxygen atoms in total. The van der Waals surface area contributed by atoms with E-state index in [0.29, 0.717) is 24.1 Å². The van der Waals surface area contributed by atoms with E-state index in [-0.39, 0.29) is 11.8 Å². The first kappa shape index (κ1) is 19.7. The van der Waals surface area contributed by atoms with Crippen molar-refractivity contribution in [2.75, 3.05) is 7.11 Å². The topological polar surface area (TPSA) is 122 Å². The summed E-state index contributed by atoms with van der Waals surface area (Å²) in [5.41, 5.74) is 11.0. The Labute approximate surface area is 183 Å². The van der Waals surface area contributed by atoms with Crippen LogP contribution in [0.4, 0.5) is 0 Å². The van der Waals surface area contributed by atoms with Gasteiger partial charge in [0.15, 0.2) is 0 Å². The van der Waals surface area contributed by atoms with Gasteiger partial charge in [-0.15, -0.1) is 0 Å². The summed E-state index contributed by atoms with van der Waals surface area (Å²) in [4.78, 5) is 32.4. The molecule has 2 aromatic heterocycles. The SMILES string of the molecule is COc1ccc(C=NNC(=O)c2ccc3c(c2)[nH]c2c(C4(C(N)=O)CC4)nccc23)cc1. The number of pyridine rings is 1. The molecule has 32 heavy (non-hydrogen) atoms. The standard InChI is InChI=1S/C24H21N5O3/c1-32-16-5-2-14(3-6-16)13-27-29-22(30)15-4-7-17-18-8-11-26-21(20(18)28-19(17)12-15)24(9-10-24)23(25)31/h2-8,11-13,28H,9-10H2,1H3,(H2,25,31)(H,29,30). The molecule has 1 fully saturated rings. The minimum atomic E-state index is -0.698. The fraction of sp³-hybridized carbons (Fsp3) is 0.167. The van der Waals surface area contributed by atoms with E-state index in [9.17, 15) is 9.59 Å². The van der Waals surface area contributed by atoms with Crippen molar-refractivity contribution in [1.29, 1.82) is 0 Å². The lowest BCUT2D eigenvalue weighted by molar-refractivity contribution is -0.120. The van der Waals surface area contributed by atoms with Crippen LogP contribution in [-0.4, -0.2) is 35.1 Å². The number of hydrazone groups is 1. The van der Waals surface area contributed by atoms with Crippen molar-refractivity contribution >= 4 is 39.8 Å². The van der Waals surface area contributed by atoms with E-state index in [2.05, 4.69) is 20.5 Å². The van der Waals surface area contributed by atoms with Crippen LogP contribution in [0.2, 0.25) is 0 Å². The number of amides is 2. The second-order valence-corrected chi connectivity index (χ2v) is 7.89. The van der Waals surface area contributed by atoms with Crippen molar-refractivity contribution in [1.82, 2.24) is 15.4 Å². The second kappa shape index (κ2) is 7.49. The Bertz CT molecular complexity index is 1380. The molecular weight excluding hydrogens is 406 g/mol. The number of carbonyl (C=O) groups excluding carboxylic acids is 2. The van der Waals surface area contributed by atoms with Gasteiger partial charge in [-0.2, -0.15) is 5.10 Å². The third-order valence-corrected chi connectivity index (χ3v) is 5.95. The first-order chi connectivity index (χ1) is 15.5. The summed E-state index contributed by atoms with van der Waals surface area (Å²) >= 11 is 0. The molecule has 2 aromatic carbocycles. The number of H-pyrrole nitrogens is 1. The fourth-order valence-corrected chi connectivity index (χ4v) is 3.98. The van der Waals surface area contributed by atoms with Crippen molar-refractivity contribution in [3.8, 4) is 5.75 Å². The molecule has 0 saturated heterocycles. The molecule has 1 aliphatic rings. The van der Waals surface area contributed by atoms with Crippen molar-refractivity contribution in [3.05, 3.63) is 71.5 Å². The molecule has 0 atom stereocenters. The molecule has 160 valence electrons. The number of carbonyl (C=O) groups is 2. The highest BCUT2D eigenvalue weighted by Crippen LogP contribution is 2.49. The maximum atomic E-state index is 12.6. The summed E-state index contributed by atoms with van der Waals surface area (Å²) in [5, 5.41) is 5.93. The first-order valence-electron chi connectivity index (χ1n) is 10.2. The second-order valence-electron chi connectivity index (χ2n) is 7.89. The van der Waals surface area contributed by atoms with Crippen LogP contribution in [0.3, 0.4) is 0 Å². The lowest BCUT2D eigenvalue weighted by Crippen LogP contribution is -2.29. The minimum absolute atomic E-state index is 0.329. The monoisotopic (exact) mass is 427 g/mol. The molecule has 4 N–H and O–H groups in total. The minimum Gasteiger partial charge on any atom is -0.497 e. The maximum Gasteiger partial charge on any atom is 0.271 e. The van der Waals surface area contributed by atoms with Gasteiger partial charge in [0.05, 0.1) is 30.0 Å². The van der Waals surface area contributed by atoms with Crippen LogP contribution in [0.1, 0.15) is 34.5 Å². The van der Waals surface area contributed by atoms with E-state index in [0.717, 1.165) is 33.1 Å². The van der Waals surface area contributed by atoms with Gasteiger partial charge in [-0.05, 0) is 60.9 Å². The number of rotatable bonds is 6. The van der Waals surface area contributed by atoms with Gasteiger partial charge in [-0.1, -0.05) is 6.07 Å². The Morgan fingerprint density at radius 2 is 1.94 bits per heavy atom. The zero-order valence-corrected chi connectivity index (χ0v) is 17.4. The van der Waals surface area contributed by atoms with Crippen LogP contribution in [0.15, 0.2) is 59.8 Å². The molecule has 0 bridgehead atoms. The number of ether oxygens (including phenoxy) is 1. The Balaban J connectivity index is 1.41. The average Bonchev–Trinajstić information content (AvgIpc) is 3.54. The van der Waals surface area contributed by atoms with Gasteiger partial charge in [0, 0.05) is 28.0 Å². The molecule has 0 unspecified atom stereocenters. The number of hydrogen-bond donors (Lipinski definition) is 3. The van der Waals surface area contributed by atoms with Crippen molar-refractivity contribution in [3.63, 3.8) is 0 Å². The highest BCUT2D eigenvalue weighted by atomic mass is 16.5. The molecule has 1 saturated carbocycles. The number of methoxy groups -OCH3 is 1. The number of nitrogens with zero attached hydrogens (tertiary/aromatic N) is 2. The Morgan fingerprint density at radius 3 is 2.62 bits per heavy atom. The number of aromatic amines is 1. The lowest BCUT2D eigenvalue weighted by atomic mass is 9.99. The highest BCUT2D eigenvalue weighted by molar-refractivity contribution is 6.11. The van der Waals surface area contributed by atoms with Gasteiger partial charge in [-0.3, -0.25) is 14.6 Å². The molecule has 2 amide bonds. The summed E-state index contributed by atoms with van der Waals surface area (Å²) in [6.45, 7) is 0. The first-order valence-corrected chi connectivity index (χ1v) is 10.2. The predicted octanol–water partition coefficient (Wildman–Crippen LogP) is 3.01. The zero-order chi connectivity index (χ0) is 22.3. The molecule has 0 aliphatic heterocycles. The van der Waals surface area contributed by atoms with Gasteiger partial charge in [0.25, 0.3) is 5.91 Å². The summed E-state index contributed by atoms with van der Waals surface area (Å²) in [7, 11) is 1.60. The molecule has 0 spiro atoms. The highest BCUT2D eigenvalue weighted by Gasteiger charge is 2.52. The summed E-state index contributed by atoms with van der Waals surface area (Å²) in [6, 6.07) is 14.6. The number of aromatic nitrogens is 2. The molecule has 4 aromatic rings. The Hall–Kier alpha value is -4.20. The number of hydrogen-bond acceptors (Lipinski definition) is 5. The van der Waals surface area contributed by atoms with E-state index in [4.69, 9.17) is 10.5 Å². The summed E-state index contributed by atoms with van der Waals surface area (Å²) in [6.07, 6.45) is 4.66. The van der Waals surface area contributed by atoms with Crippen LogP contribution in [0.5, 0.6) is 5.75 Å². The summed E-state index contributed by atoms with van der Waals surface area (Å²) in [5.74, 6) is 0.0648. The van der Waals surface area contributed by atoms with Crippen molar-refractivity contribution in [2.45, 2.75) is 18.3 Å². The smallest absolute Gasteiger partial charge is 0.271 e. The normalized spacial score (nSPS) is 14.7. The zero-order valence-electron chi connectivity index (χ0n) is 17.4. The quantitative estimate of drug-likeness (QED) is 0.323. The Kier molecular flexibility index (Phi) is 4.62. The number of fused-ring (bicyclic) bond motifs is 3. The van der Waals surface area contributed by atoms with Gasteiger partial charge in [0.2, 0.25) is 5.91 Å². The molecule has 2 heterocycles. The number of nitrogens with two attached hydrogens (primary N) is 1. The Morgan fingerprint density at radius 1 is 1.16 bits per heavy atom. The third kappa shape index (κ3) is 3.26. The van der Waals surface area contributed by atoms with Crippen LogP contribution in [0, 0.1) is 0 Å². The van der Waals surface area contributed by atoms with Crippen LogP contribution < -0.4 is 15.9 Å². The van der Waals surface area contributed by atoms with E-state index in [1.807, 2.05) is 36.4 Å². The van der Waals surface area contributed by atoms with Crippen LogP contribution in [0.25, 0.3) is 21.8 Å². The molecule has 8 heteroatoms. The summed E-state index contributed by atoms with van der Waals surface area (Å²) < 4.78 is 5.12. The number of primary amides is 1. The van der Waals surface area contributed by atoms with Gasteiger partial charge < -0.3 is 15.5 Å². The van der Waals surface area contributed by atoms with Crippen LogP contribution in [-0.2, 0) is 10.2 Å². The van der Waals surface area contributed by atoms with E-state index in [1.165, 1.54) is 0 Å². The lowest BCUT2D eigenvalue weighted by Gasteiger charge is -2.10. The van der Waals surface area contributed by atoms with Gasteiger partial charge in [-0.25, -0.2) is 5.43 Å². The van der Waals surface area contributed by atoms with Crippen LogP contribution >= 0.6 is 0 Å². The number of nitrogens with one attached hydrogen (secondary N) is 2. The molecule has 1 aliphatic carbocycles. The van der Waals surface area contributed by atoms with Gasteiger partial charge in [0.1, 0.15) is 5.75 Å². The van der Waals surface area contributed by atoms with Gasteiger partial charge >= 0.3 is 0 Å². The fourth-order valence-electron chi connectivity index (χ4n) is 3.98. The van der Waals surface area contributed by atoms with Crippen molar-refractivity contribution < 1.29 is 14.3 Å². The third-order valence-electron chi connectivity index (χ3n) is 5.95. The molecule has 0 radical (unpaired) electrons. The predicted molar refractivity (Wildman–Crippen MR) is 122 cm³/mol. The average molecular weight is 427 g/mol. The van der Waals surface area contributed by atoms with Crippen molar-refractivity contribution in [2.24, 2.45) is 10.8 Å². The van der Waals surface area contributed by atoms with E-state index < -0.39 is 5.41 Å². The van der Waals surface area contributed by atoms with E-state index >= 15 is 0 Å². The molecule has 5 rings (SSSR count). The largest absolute Gasteiger partial charge is 0.497 e. The number of benzene rings is 2.